The number of halogens is 1. The first kappa shape index (κ1) is 14.8. The lowest BCUT2D eigenvalue weighted by molar-refractivity contribution is 0.728. The number of aromatic nitrogens is 1. The minimum atomic E-state index is 0.210. The van der Waals surface area contributed by atoms with Crippen molar-refractivity contribution in [1.29, 1.82) is 0 Å². The number of hydrogen-bond donors (Lipinski definition) is 1. The van der Waals surface area contributed by atoms with Gasteiger partial charge in [-0.1, -0.05) is 29.8 Å². The second kappa shape index (κ2) is 6.73. The van der Waals surface area contributed by atoms with Gasteiger partial charge in [0.05, 0.1) is 6.04 Å². The van der Waals surface area contributed by atoms with Crippen molar-refractivity contribution in [2.75, 3.05) is 18.5 Å². The van der Waals surface area contributed by atoms with E-state index in [1.807, 2.05) is 37.5 Å². The summed E-state index contributed by atoms with van der Waals surface area (Å²) in [6.07, 6.45) is 2.75. The van der Waals surface area contributed by atoms with Crippen LogP contribution >= 0.6 is 11.6 Å². The van der Waals surface area contributed by atoms with Gasteiger partial charge in [0.1, 0.15) is 5.82 Å². The summed E-state index contributed by atoms with van der Waals surface area (Å²) in [7, 11) is 2.04. The molecule has 0 saturated heterocycles. The lowest BCUT2D eigenvalue weighted by Crippen LogP contribution is -2.22. The molecule has 106 valence electrons. The molecule has 0 bridgehead atoms. The predicted molar refractivity (Wildman–Crippen MR) is 85.3 cm³/mol. The van der Waals surface area contributed by atoms with E-state index >= 15 is 0 Å². The van der Waals surface area contributed by atoms with Gasteiger partial charge in [0.15, 0.2) is 0 Å². The van der Waals surface area contributed by atoms with E-state index in [0.29, 0.717) is 6.54 Å². The van der Waals surface area contributed by atoms with Crippen molar-refractivity contribution in [1.82, 2.24) is 4.98 Å². The summed E-state index contributed by atoms with van der Waals surface area (Å²) in [5.41, 5.74) is 7.89. The molecule has 1 aromatic heterocycles. The molecule has 2 rings (SSSR count). The van der Waals surface area contributed by atoms with Crippen LogP contribution in [-0.4, -0.2) is 18.6 Å². The molecule has 20 heavy (non-hydrogen) atoms. The minimum absolute atomic E-state index is 0.210. The highest BCUT2D eigenvalue weighted by molar-refractivity contribution is 6.30. The normalized spacial score (nSPS) is 12.2. The van der Waals surface area contributed by atoms with Crippen LogP contribution in [0.4, 0.5) is 5.82 Å². The molecule has 1 unspecified atom stereocenters. The van der Waals surface area contributed by atoms with E-state index in [-0.39, 0.29) is 6.04 Å². The number of benzene rings is 1. The van der Waals surface area contributed by atoms with Gasteiger partial charge in [0.2, 0.25) is 0 Å². The van der Waals surface area contributed by atoms with Crippen molar-refractivity contribution in [3.05, 3.63) is 58.7 Å². The van der Waals surface area contributed by atoms with Gasteiger partial charge in [-0.25, -0.2) is 4.98 Å². The van der Waals surface area contributed by atoms with Crippen molar-refractivity contribution in [3.8, 4) is 0 Å². The second-order valence-electron chi connectivity index (χ2n) is 4.91. The van der Waals surface area contributed by atoms with Gasteiger partial charge in [-0.15, -0.1) is 0 Å². The Balaban J connectivity index is 2.15. The van der Waals surface area contributed by atoms with Crippen molar-refractivity contribution in [2.45, 2.75) is 19.4 Å². The molecular formula is C16H20ClN3. The van der Waals surface area contributed by atoms with Gasteiger partial charge in [-0.05, 0) is 49.2 Å². The number of anilines is 1. The number of pyridine rings is 1. The summed E-state index contributed by atoms with van der Waals surface area (Å²) in [4.78, 5) is 6.64. The molecule has 0 radical (unpaired) electrons. The number of hydrogen-bond acceptors (Lipinski definition) is 3. The summed E-state index contributed by atoms with van der Waals surface area (Å²) in [6.45, 7) is 2.79. The second-order valence-corrected chi connectivity index (χ2v) is 5.34. The summed E-state index contributed by atoms with van der Waals surface area (Å²) >= 11 is 6.05. The molecule has 0 spiro atoms. The lowest BCUT2D eigenvalue weighted by atomic mass is 10.1. The summed E-state index contributed by atoms with van der Waals surface area (Å²) in [5.74, 6) is 0.943. The number of nitrogens with two attached hydrogens (primary N) is 1. The van der Waals surface area contributed by atoms with Gasteiger partial charge < -0.3 is 10.6 Å². The van der Waals surface area contributed by atoms with E-state index in [0.717, 1.165) is 17.3 Å². The van der Waals surface area contributed by atoms with Gasteiger partial charge in [0.25, 0.3) is 0 Å². The molecule has 2 N–H and O–H groups in total. The highest BCUT2D eigenvalue weighted by Gasteiger charge is 2.13. The predicted octanol–water partition coefficient (Wildman–Crippen LogP) is 3.43. The summed E-state index contributed by atoms with van der Waals surface area (Å²) < 4.78 is 0. The Bertz CT molecular complexity index is 554. The van der Waals surface area contributed by atoms with Crippen molar-refractivity contribution >= 4 is 17.4 Å². The van der Waals surface area contributed by atoms with Crippen LogP contribution in [0.2, 0.25) is 5.02 Å². The maximum absolute atomic E-state index is 6.05. The van der Waals surface area contributed by atoms with Crippen LogP contribution in [0, 0.1) is 0 Å². The van der Waals surface area contributed by atoms with Gasteiger partial charge in [0, 0.05) is 18.3 Å². The molecular weight excluding hydrogens is 270 g/mol. The Morgan fingerprint density at radius 2 is 2.10 bits per heavy atom. The van der Waals surface area contributed by atoms with E-state index in [1.165, 1.54) is 11.1 Å². The molecule has 2 aromatic rings. The number of rotatable bonds is 5. The zero-order valence-corrected chi connectivity index (χ0v) is 12.6. The smallest absolute Gasteiger partial charge is 0.128 e. The Hall–Kier alpha value is -1.58. The third kappa shape index (κ3) is 3.50. The summed E-state index contributed by atoms with van der Waals surface area (Å²) in [6, 6.07) is 12.3. The molecule has 1 atom stereocenters. The molecule has 4 heteroatoms. The Kier molecular flexibility index (Phi) is 4.99. The highest BCUT2D eigenvalue weighted by Crippen LogP contribution is 2.25. The maximum atomic E-state index is 6.05. The molecule has 0 aliphatic heterocycles. The standard InChI is InChI=1S/C16H20ClN3/c1-12(14-4-3-5-15(17)10-14)20(2)16-7-6-13(8-9-18)11-19-16/h3-7,10-12H,8-9,18H2,1-2H3. The molecule has 1 heterocycles. The van der Waals surface area contributed by atoms with Crippen molar-refractivity contribution < 1.29 is 0 Å². The average Bonchev–Trinajstić information content (AvgIpc) is 2.47. The zero-order valence-electron chi connectivity index (χ0n) is 11.9. The molecule has 0 saturated carbocycles. The van der Waals surface area contributed by atoms with Gasteiger partial charge in [-0.2, -0.15) is 0 Å². The van der Waals surface area contributed by atoms with Crippen LogP contribution in [-0.2, 0) is 6.42 Å². The van der Waals surface area contributed by atoms with E-state index < -0.39 is 0 Å². The Morgan fingerprint density at radius 1 is 1.30 bits per heavy atom. The fraction of sp³-hybridized carbons (Fsp3) is 0.312. The Labute approximate surface area is 125 Å². The van der Waals surface area contributed by atoms with Crippen molar-refractivity contribution in [2.24, 2.45) is 5.73 Å². The van der Waals surface area contributed by atoms with Crippen LogP contribution in [0.1, 0.15) is 24.1 Å². The first-order valence-electron chi connectivity index (χ1n) is 6.75. The van der Waals surface area contributed by atoms with Crippen LogP contribution in [0.25, 0.3) is 0 Å². The molecule has 0 fully saturated rings. The molecule has 3 nitrogen and oxygen atoms in total. The van der Waals surface area contributed by atoms with E-state index in [2.05, 4.69) is 28.9 Å². The largest absolute Gasteiger partial charge is 0.353 e. The number of nitrogens with zero attached hydrogens (tertiary/aromatic N) is 2. The monoisotopic (exact) mass is 289 g/mol. The van der Waals surface area contributed by atoms with Gasteiger partial charge in [-0.3, -0.25) is 0 Å². The average molecular weight is 290 g/mol. The molecule has 0 amide bonds. The molecule has 1 aromatic carbocycles. The minimum Gasteiger partial charge on any atom is -0.353 e. The first-order chi connectivity index (χ1) is 9.61. The maximum Gasteiger partial charge on any atom is 0.128 e. The van der Waals surface area contributed by atoms with Crippen LogP contribution in [0.15, 0.2) is 42.6 Å². The van der Waals surface area contributed by atoms with E-state index in [9.17, 15) is 0 Å². The van der Waals surface area contributed by atoms with Gasteiger partial charge >= 0.3 is 0 Å². The quantitative estimate of drug-likeness (QED) is 0.917. The highest BCUT2D eigenvalue weighted by atomic mass is 35.5. The van der Waals surface area contributed by atoms with E-state index in [1.54, 1.807) is 0 Å². The van der Waals surface area contributed by atoms with Crippen LogP contribution in [0.5, 0.6) is 0 Å². The Morgan fingerprint density at radius 3 is 2.70 bits per heavy atom. The van der Waals surface area contributed by atoms with Crippen molar-refractivity contribution in [3.63, 3.8) is 0 Å². The fourth-order valence-electron chi connectivity index (χ4n) is 2.13. The van der Waals surface area contributed by atoms with Crippen LogP contribution in [0.3, 0.4) is 0 Å². The fourth-order valence-corrected chi connectivity index (χ4v) is 2.33. The third-order valence-electron chi connectivity index (χ3n) is 3.52. The molecule has 0 aliphatic carbocycles. The lowest BCUT2D eigenvalue weighted by Gasteiger charge is -2.26. The SMILES string of the molecule is CC(c1cccc(Cl)c1)N(C)c1ccc(CCN)cn1. The van der Waals surface area contributed by atoms with Crippen LogP contribution < -0.4 is 10.6 Å². The van der Waals surface area contributed by atoms with E-state index in [4.69, 9.17) is 17.3 Å². The zero-order chi connectivity index (χ0) is 14.5. The topological polar surface area (TPSA) is 42.1 Å². The third-order valence-corrected chi connectivity index (χ3v) is 3.75. The first-order valence-corrected chi connectivity index (χ1v) is 7.13. The summed E-state index contributed by atoms with van der Waals surface area (Å²) in [5, 5.41) is 0.758. The molecule has 0 aliphatic rings.